The summed E-state index contributed by atoms with van der Waals surface area (Å²) in [6, 6.07) is 5.80. The van der Waals surface area contributed by atoms with Crippen LogP contribution in [0.25, 0.3) is 10.9 Å². The fraction of sp³-hybridized carbons (Fsp3) is 0.182. The maximum atomic E-state index is 13.1. The zero-order chi connectivity index (χ0) is 9.42. The molecule has 0 saturated carbocycles. The van der Waals surface area contributed by atoms with E-state index in [0.717, 1.165) is 16.5 Å². The van der Waals surface area contributed by atoms with E-state index in [2.05, 4.69) is 4.98 Å². The first-order valence-corrected chi connectivity index (χ1v) is 4.20. The zero-order valence-electron chi connectivity index (χ0n) is 7.63. The molecule has 0 aliphatic carbocycles. The molecule has 1 nitrogen and oxygen atoms in total. The van der Waals surface area contributed by atoms with Gasteiger partial charge in [-0.25, -0.2) is 4.39 Å². The zero-order valence-corrected chi connectivity index (χ0v) is 7.63. The number of hydrogen-bond acceptors (Lipinski definition) is 1. The van der Waals surface area contributed by atoms with Crippen molar-refractivity contribution in [3.8, 4) is 0 Å². The van der Waals surface area contributed by atoms with E-state index in [1.54, 1.807) is 6.92 Å². The number of benzene rings is 1. The summed E-state index contributed by atoms with van der Waals surface area (Å²) in [4.78, 5) is 4.07. The Balaban J connectivity index is 2.94. The van der Waals surface area contributed by atoms with E-state index in [1.807, 2.05) is 25.1 Å². The molecular weight excluding hydrogens is 165 g/mol. The van der Waals surface area contributed by atoms with Crippen molar-refractivity contribution in [2.45, 2.75) is 13.8 Å². The predicted molar refractivity (Wildman–Crippen MR) is 51.2 cm³/mol. The van der Waals surface area contributed by atoms with Crippen molar-refractivity contribution < 1.29 is 4.39 Å². The molecule has 0 radical (unpaired) electrons. The van der Waals surface area contributed by atoms with Crippen LogP contribution in [0.3, 0.4) is 0 Å². The Bertz CT molecular complexity index is 463. The maximum absolute atomic E-state index is 13.1. The molecule has 2 rings (SSSR count). The van der Waals surface area contributed by atoms with E-state index in [-0.39, 0.29) is 5.82 Å². The molecule has 0 atom stereocenters. The summed E-state index contributed by atoms with van der Waals surface area (Å²) < 4.78 is 13.1. The molecule has 0 saturated heterocycles. The molecule has 0 amide bonds. The third-order valence-electron chi connectivity index (χ3n) is 2.31. The molecule has 0 fully saturated rings. The number of para-hydroxylation sites is 1. The van der Waals surface area contributed by atoms with Gasteiger partial charge in [0.1, 0.15) is 5.82 Å². The quantitative estimate of drug-likeness (QED) is 0.599. The lowest BCUT2D eigenvalue weighted by Gasteiger charge is -2.04. The molecule has 2 heteroatoms. The Morgan fingerprint density at radius 1 is 1.23 bits per heavy atom. The highest BCUT2D eigenvalue weighted by Crippen LogP contribution is 2.20. The van der Waals surface area contributed by atoms with Gasteiger partial charge in [-0.3, -0.25) is 4.98 Å². The molecule has 0 N–H and O–H groups in total. The molecule has 0 bridgehead atoms. The summed E-state index contributed by atoms with van der Waals surface area (Å²) in [7, 11) is 0. The minimum absolute atomic E-state index is 0.238. The Kier molecular flexibility index (Phi) is 1.76. The van der Waals surface area contributed by atoms with Crippen LogP contribution in [0.4, 0.5) is 4.39 Å². The van der Waals surface area contributed by atoms with Crippen LogP contribution in [0.1, 0.15) is 11.1 Å². The van der Waals surface area contributed by atoms with Crippen molar-refractivity contribution in [2.75, 3.05) is 0 Å². The van der Waals surface area contributed by atoms with Gasteiger partial charge in [0.25, 0.3) is 0 Å². The highest BCUT2D eigenvalue weighted by molar-refractivity contribution is 5.84. The van der Waals surface area contributed by atoms with Crippen LogP contribution in [0.2, 0.25) is 0 Å². The summed E-state index contributed by atoms with van der Waals surface area (Å²) in [5.74, 6) is -0.238. The fourth-order valence-corrected chi connectivity index (χ4v) is 1.48. The van der Waals surface area contributed by atoms with Gasteiger partial charge < -0.3 is 0 Å². The third kappa shape index (κ3) is 1.18. The smallest absolute Gasteiger partial charge is 0.145 e. The van der Waals surface area contributed by atoms with Gasteiger partial charge in [-0.05, 0) is 25.0 Å². The molecule has 0 aliphatic rings. The average molecular weight is 175 g/mol. The first kappa shape index (κ1) is 8.17. The molecule has 2 aromatic rings. The van der Waals surface area contributed by atoms with Gasteiger partial charge in [0.05, 0.1) is 11.7 Å². The largest absolute Gasteiger partial charge is 0.253 e. The fourth-order valence-electron chi connectivity index (χ4n) is 1.48. The molecule has 13 heavy (non-hydrogen) atoms. The number of pyridine rings is 1. The Hall–Kier alpha value is -1.44. The van der Waals surface area contributed by atoms with Gasteiger partial charge in [0, 0.05) is 5.39 Å². The lowest BCUT2D eigenvalue weighted by Crippen LogP contribution is -1.90. The topological polar surface area (TPSA) is 12.9 Å². The second-order valence-corrected chi connectivity index (χ2v) is 3.20. The van der Waals surface area contributed by atoms with E-state index in [4.69, 9.17) is 0 Å². The van der Waals surface area contributed by atoms with Crippen LogP contribution < -0.4 is 0 Å². The van der Waals surface area contributed by atoms with Crippen LogP contribution in [-0.4, -0.2) is 4.98 Å². The van der Waals surface area contributed by atoms with Gasteiger partial charge in [-0.1, -0.05) is 18.2 Å². The highest BCUT2D eigenvalue weighted by Gasteiger charge is 2.04. The van der Waals surface area contributed by atoms with Gasteiger partial charge in [-0.2, -0.15) is 0 Å². The number of aryl methyl sites for hydroxylation is 2. The average Bonchev–Trinajstić information content (AvgIpc) is 2.12. The van der Waals surface area contributed by atoms with Crippen molar-refractivity contribution in [3.63, 3.8) is 0 Å². The molecular formula is C11H10FN. The van der Waals surface area contributed by atoms with Gasteiger partial charge >= 0.3 is 0 Å². The summed E-state index contributed by atoms with van der Waals surface area (Å²) in [5.41, 5.74) is 2.65. The summed E-state index contributed by atoms with van der Waals surface area (Å²) in [6.45, 7) is 3.76. The monoisotopic (exact) mass is 175 g/mol. The number of halogens is 1. The minimum Gasteiger partial charge on any atom is -0.253 e. The van der Waals surface area contributed by atoms with Crippen molar-refractivity contribution in [2.24, 2.45) is 0 Å². The lowest BCUT2D eigenvalue weighted by atomic mass is 10.1. The molecule has 0 spiro atoms. The second-order valence-electron chi connectivity index (χ2n) is 3.20. The van der Waals surface area contributed by atoms with E-state index >= 15 is 0 Å². The van der Waals surface area contributed by atoms with Crippen molar-refractivity contribution in [3.05, 3.63) is 41.3 Å². The van der Waals surface area contributed by atoms with Gasteiger partial charge in [-0.15, -0.1) is 0 Å². The van der Waals surface area contributed by atoms with Crippen LogP contribution in [0.5, 0.6) is 0 Å². The molecule has 0 aliphatic heterocycles. The third-order valence-corrected chi connectivity index (χ3v) is 2.31. The molecule has 1 heterocycles. The lowest BCUT2D eigenvalue weighted by molar-refractivity contribution is 0.615. The van der Waals surface area contributed by atoms with E-state index in [1.165, 1.54) is 6.20 Å². The van der Waals surface area contributed by atoms with Crippen LogP contribution in [0, 0.1) is 19.7 Å². The van der Waals surface area contributed by atoms with E-state index in [0.29, 0.717) is 5.56 Å². The first-order valence-electron chi connectivity index (χ1n) is 4.20. The minimum atomic E-state index is -0.238. The van der Waals surface area contributed by atoms with Crippen molar-refractivity contribution in [1.29, 1.82) is 0 Å². The number of aromatic nitrogens is 1. The maximum Gasteiger partial charge on any atom is 0.145 e. The predicted octanol–water partition coefficient (Wildman–Crippen LogP) is 2.99. The highest BCUT2D eigenvalue weighted by atomic mass is 19.1. The number of nitrogens with zero attached hydrogens (tertiary/aromatic N) is 1. The number of fused-ring (bicyclic) bond motifs is 1. The Labute approximate surface area is 76.2 Å². The van der Waals surface area contributed by atoms with Crippen LogP contribution in [0.15, 0.2) is 24.4 Å². The van der Waals surface area contributed by atoms with Crippen molar-refractivity contribution in [1.82, 2.24) is 4.98 Å². The molecule has 0 unspecified atom stereocenters. The summed E-state index contributed by atoms with van der Waals surface area (Å²) >= 11 is 0. The summed E-state index contributed by atoms with van der Waals surface area (Å²) in [6.07, 6.45) is 1.28. The summed E-state index contributed by atoms with van der Waals surface area (Å²) in [5, 5.41) is 0.903. The molecule has 66 valence electrons. The van der Waals surface area contributed by atoms with E-state index < -0.39 is 0 Å². The van der Waals surface area contributed by atoms with Crippen LogP contribution in [-0.2, 0) is 0 Å². The second kappa shape index (κ2) is 2.80. The number of hydrogen-bond donors (Lipinski definition) is 0. The molecule has 1 aromatic carbocycles. The first-order chi connectivity index (χ1) is 6.20. The number of rotatable bonds is 0. The molecule has 1 aromatic heterocycles. The SMILES string of the molecule is Cc1c(F)cnc2c(C)cccc12. The van der Waals surface area contributed by atoms with E-state index in [9.17, 15) is 4.39 Å². The van der Waals surface area contributed by atoms with Crippen molar-refractivity contribution >= 4 is 10.9 Å². The van der Waals surface area contributed by atoms with Crippen LogP contribution >= 0.6 is 0 Å². The standard InChI is InChI=1S/C11H10FN/c1-7-4-3-5-9-8(2)10(12)6-13-11(7)9/h3-6H,1-2H3. The Morgan fingerprint density at radius 2 is 2.00 bits per heavy atom. The van der Waals surface area contributed by atoms with Gasteiger partial charge in [0.2, 0.25) is 0 Å². The normalized spacial score (nSPS) is 10.7. The van der Waals surface area contributed by atoms with Gasteiger partial charge in [0.15, 0.2) is 0 Å². The Morgan fingerprint density at radius 3 is 2.77 bits per heavy atom.